The lowest BCUT2D eigenvalue weighted by molar-refractivity contribution is 0.645. The second kappa shape index (κ2) is 10.7. The Morgan fingerprint density at radius 1 is 0.646 bits per heavy atom. The van der Waals surface area contributed by atoms with Gasteiger partial charge in [-0.05, 0) is 77.3 Å². The molecule has 0 unspecified atom stereocenters. The van der Waals surface area contributed by atoms with Crippen molar-refractivity contribution < 1.29 is 12.9 Å². The van der Waals surface area contributed by atoms with E-state index in [1.807, 2.05) is 66.7 Å². The molecule has 0 saturated heterocycles. The van der Waals surface area contributed by atoms with Gasteiger partial charge < -0.3 is 8.83 Å². The average Bonchev–Trinajstić information content (AvgIpc) is 3.81. The largest absolute Gasteiger partial charge is 0.453 e. The number of fused-ring (bicyclic) bond motifs is 8. The minimum absolute atomic E-state index is 0.125. The predicted molar refractivity (Wildman–Crippen MR) is 197 cm³/mol. The molecule has 234 valence electrons. The Labute approximate surface area is 282 Å². The summed E-state index contributed by atoms with van der Waals surface area (Å²) in [5.74, 6) is 1.12. The van der Waals surface area contributed by atoms with E-state index in [-0.39, 0.29) is 28.8 Å². The van der Waals surface area contributed by atoms with Gasteiger partial charge in [-0.1, -0.05) is 100 Å². The molecule has 0 atom stereocenters. The third-order valence-electron chi connectivity index (χ3n) is 9.52. The zero-order valence-corrected chi connectivity index (χ0v) is 27.2. The minimum atomic E-state index is -2.54. The summed E-state index contributed by atoms with van der Waals surface area (Å²) in [5, 5.41) is 3.04. The normalized spacial score (nSPS) is 13.4. The lowest BCUT2D eigenvalue weighted by atomic mass is 9.88. The second-order valence-corrected chi connectivity index (χ2v) is 13.2. The van der Waals surface area contributed by atoms with Gasteiger partial charge in [0.15, 0.2) is 5.58 Å². The van der Waals surface area contributed by atoms with E-state index in [1.165, 1.54) is 22.3 Å². The van der Waals surface area contributed by atoms with E-state index < -0.39 is 6.85 Å². The Hall–Kier alpha value is -5.68. The number of nitrogens with zero attached hydrogens (tertiary/aromatic N) is 3. The maximum atomic E-state index is 8.44. The number of hydrogen-bond donors (Lipinski definition) is 0. The Morgan fingerprint density at radius 3 is 2.12 bits per heavy atom. The molecule has 0 aliphatic rings. The van der Waals surface area contributed by atoms with Gasteiger partial charge in [0.1, 0.15) is 17.0 Å². The van der Waals surface area contributed by atoms with Gasteiger partial charge in [0.25, 0.3) is 0 Å². The van der Waals surface area contributed by atoms with Crippen molar-refractivity contribution in [3.05, 3.63) is 126 Å². The van der Waals surface area contributed by atoms with Crippen LogP contribution in [0.4, 0.5) is 0 Å². The highest BCUT2D eigenvalue weighted by Crippen LogP contribution is 2.45. The van der Waals surface area contributed by atoms with Crippen LogP contribution in [0.3, 0.4) is 0 Å². The van der Waals surface area contributed by atoms with Gasteiger partial charge in [-0.3, -0.25) is 4.57 Å². The summed E-state index contributed by atoms with van der Waals surface area (Å²) in [4.78, 5) is 9.85. The van der Waals surface area contributed by atoms with Crippen molar-refractivity contribution in [1.82, 2.24) is 14.5 Å². The molecule has 48 heavy (non-hydrogen) atoms. The lowest BCUT2D eigenvalue weighted by Crippen LogP contribution is -2.09. The summed E-state index contributed by atoms with van der Waals surface area (Å²) in [6, 6.07) is 37.0. The molecule has 0 N–H and O–H groups in total. The summed E-state index contributed by atoms with van der Waals surface area (Å²) in [6.07, 6.45) is 0. The Balaban J connectivity index is 1.41. The van der Waals surface area contributed by atoms with Gasteiger partial charge in [-0.15, -0.1) is 0 Å². The molecule has 5 aromatic carbocycles. The van der Waals surface area contributed by atoms with Gasteiger partial charge in [0, 0.05) is 20.3 Å². The van der Waals surface area contributed by atoms with Gasteiger partial charge in [0.2, 0.25) is 5.71 Å². The van der Waals surface area contributed by atoms with E-state index in [1.54, 1.807) is 0 Å². The second-order valence-electron chi connectivity index (χ2n) is 13.2. The van der Waals surface area contributed by atoms with Crippen LogP contribution >= 0.6 is 0 Å². The molecule has 9 aromatic rings. The van der Waals surface area contributed by atoms with Crippen LogP contribution in [-0.4, -0.2) is 14.5 Å². The number of imidazole rings is 1. The monoisotopic (exact) mass is 628 g/mol. The SMILES string of the molecule is [2H]C([2H])([2H])c1nc2oc3ccccc3c2c2c1oc1c(-c3nc4ccccc4n3-c3c(C(C)C)cc(-c4ccccc4)cc3C(C)C)cccc12. The van der Waals surface area contributed by atoms with Gasteiger partial charge >= 0.3 is 0 Å². The van der Waals surface area contributed by atoms with E-state index in [2.05, 4.69) is 79.7 Å². The Morgan fingerprint density at radius 2 is 1.35 bits per heavy atom. The van der Waals surface area contributed by atoms with Crippen molar-refractivity contribution in [2.24, 2.45) is 0 Å². The molecule has 0 radical (unpaired) electrons. The van der Waals surface area contributed by atoms with Crippen molar-refractivity contribution in [3.63, 3.8) is 0 Å². The molecule has 4 heterocycles. The number of aryl methyl sites for hydroxylation is 1. The first-order chi connectivity index (χ1) is 24.6. The topological polar surface area (TPSA) is 57.0 Å². The maximum Gasteiger partial charge on any atom is 0.228 e. The van der Waals surface area contributed by atoms with E-state index in [0.29, 0.717) is 22.4 Å². The smallest absolute Gasteiger partial charge is 0.228 e. The summed E-state index contributed by atoms with van der Waals surface area (Å²) in [6.45, 7) is 6.41. The summed E-state index contributed by atoms with van der Waals surface area (Å²) >= 11 is 0. The van der Waals surface area contributed by atoms with E-state index in [4.69, 9.17) is 17.9 Å². The maximum absolute atomic E-state index is 8.44. The molecule has 4 aromatic heterocycles. The highest BCUT2D eigenvalue weighted by atomic mass is 16.3. The third kappa shape index (κ3) is 4.17. The van der Waals surface area contributed by atoms with Crippen LogP contribution in [0.15, 0.2) is 118 Å². The fourth-order valence-corrected chi connectivity index (χ4v) is 7.26. The molecule has 5 heteroatoms. The molecule has 0 saturated carbocycles. The lowest BCUT2D eigenvalue weighted by Gasteiger charge is -2.24. The first-order valence-corrected chi connectivity index (χ1v) is 16.5. The predicted octanol–water partition coefficient (Wildman–Crippen LogP) is 12.1. The van der Waals surface area contributed by atoms with Gasteiger partial charge in [-0.2, -0.15) is 0 Å². The van der Waals surface area contributed by atoms with Crippen LogP contribution in [0.25, 0.3) is 83.2 Å². The average molecular weight is 629 g/mol. The number of pyridine rings is 1. The van der Waals surface area contributed by atoms with E-state index in [0.717, 1.165) is 38.4 Å². The van der Waals surface area contributed by atoms with Crippen LogP contribution in [0.1, 0.15) is 60.5 Å². The Bertz CT molecular complexity index is 2780. The van der Waals surface area contributed by atoms with Gasteiger partial charge in [0.05, 0.1) is 33.4 Å². The Kier molecular flexibility index (Phi) is 5.65. The van der Waals surface area contributed by atoms with E-state index in [9.17, 15) is 0 Å². The zero-order valence-electron chi connectivity index (χ0n) is 30.2. The number of aromatic nitrogens is 3. The molecule has 0 spiro atoms. The first kappa shape index (κ1) is 25.4. The number of rotatable bonds is 5. The molecule has 5 nitrogen and oxygen atoms in total. The molecular weight excluding hydrogens is 590 g/mol. The summed E-state index contributed by atoms with van der Waals surface area (Å²) in [7, 11) is 0. The van der Waals surface area contributed by atoms with Crippen molar-refractivity contribution in [2.45, 2.75) is 46.4 Å². The van der Waals surface area contributed by atoms with Crippen molar-refractivity contribution in [3.8, 4) is 28.2 Å². The molecule has 0 fully saturated rings. The third-order valence-corrected chi connectivity index (χ3v) is 9.52. The van der Waals surface area contributed by atoms with Crippen molar-refractivity contribution in [1.29, 1.82) is 0 Å². The molecule has 0 aliphatic carbocycles. The van der Waals surface area contributed by atoms with Crippen LogP contribution in [0, 0.1) is 6.85 Å². The minimum Gasteiger partial charge on any atom is -0.453 e. The molecule has 0 aliphatic heterocycles. The zero-order chi connectivity index (χ0) is 35.2. The van der Waals surface area contributed by atoms with E-state index >= 15 is 0 Å². The number of hydrogen-bond acceptors (Lipinski definition) is 4. The summed E-state index contributed by atoms with van der Waals surface area (Å²) < 4.78 is 40.4. The summed E-state index contributed by atoms with van der Waals surface area (Å²) in [5.41, 5.74) is 10.0. The highest BCUT2D eigenvalue weighted by molar-refractivity contribution is 6.26. The van der Waals surface area contributed by atoms with Crippen molar-refractivity contribution in [2.75, 3.05) is 0 Å². The fourth-order valence-electron chi connectivity index (χ4n) is 7.26. The molecular formula is C43H35N3O2. The molecule has 0 amide bonds. The number of para-hydroxylation sites is 4. The standard InChI is InChI=1S/C43H35N3O2/c1-24(2)32-22-28(27-14-7-6-8-15-27)23-33(25(3)4)39(32)46-35-20-11-10-19-34(35)45-42(46)31-18-13-17-30-37-38-29-16-9-12-21-36(29)47-43(38)44-26(5)40(37)48-41(30)31/h6-25H,1-5H3/i5D3. The quantitative estimate of drug-likeness (QED) is 0.190. The van der Waals surface area contributed by atoms with Crippen LogP contribution < -0.4 is 0 Å². The van der Waals surface area contributed by atoms with Crippen molar-refractivity contribution >= 4 is 55.0 Å². The van der Waals surface area contributed by atoms with Crippen LogP contribution in [-0.2, 0) is 0 Å². The van der Waals surface area contributed by atoms with Crippen LogP contribution in [0.5, 0.6) is 0 Å². The number of benzene rings is 5. The van der Waals surface area contributed by atoms with Gasteiger partial charge in [-0.25, -0.2) is 9.97 Å². The highest BCUT2D eigenvalue weighted by Gasteiger charge is 2.27. The first-order valence-electron chi connectivity index (χ1n) is 18.0. The molecule has 0 bridgehead atoms. The molecule has 9 rings (SSSR count). The van der Waals surface area contributed by atoms with Crippen LogP contribution in [0.2, 0.25) is 0 Å². The number of furan rings is 2. The fraction of sp³-hybridized carbons (Fsp3) is 0.163.